The van der Waals surface area contributed by atoms with Crippen molar-refractivity contribution < 1.29 is 8.42 Å². The van der Waals surface area contributed by atoms with E-state index in [-0.39, 0.29) is 17.1 Å². The molecule has 2 N–H and O–H groups in total. The number of benzene rings is 1. The minimum atomic E-state index is -2.84. The largest absolute Gasteiger partial charge is 0.357 e. The predicted molar refractivity (Wildman–Crippen MR) is 110 cm³/mol. The summed E-state index contributed by atoms with van der Waals surface area (Å²) in [5.41, 5.74) is 1.19. The van der Waals surface area contributed by atoms with E-state index in [0.29, 0.717) is 18.8 Å². The van der Waals surface area contributed by atoms with Crippen LogP contribution < -0.4 is 10.6 Å². The second kappa shape index (κ2) is 9.09. The van der Waals surface area contributed by atoms with Gasteiger partial charge >= 0.3 is 0 Å². The summed E-state index contributed by atoms with van der Waals surface area (Å²) in [5.74, 6) is 1.50. The summed E-state index contributed by atoms with van der Waals surface area (Å²) >= 11 is 6.08. The molecule has 0 aromatic heterocycles. The number of hydrogen-bond acceptors (Lipinski definition) is 3. The van der Waals surface area contributed by atoms with Gasteiger partial charge in [0.1, 0.15) is 0 Å². The molecule has 1 aromatic carbocycles. The highest BCUT2D eigenvalue weighted by Crippen LogP contribution is 2.24. The Hall–Kier alpha value is -1.27. The van der Waals surface area contributed by atoms with E-state index >= 15 is 0 Å². The molecule has 0 amide bonds. The standard InChI is InChI=1S/C19H30ClN3O2S/c1-4-21-18(22-12-16-8-9-26(24,25)13-16)23-14-19(2,3)11-15-6-5-7-17(20)10-15/h5-7,10,16H,4,8-9,11-14H2,1-3H3,(H2,21,22,23). The lowest BCUT2D eigenvalue weighted by Crippen LogP contribution is -2.40. The molecular weight excluding hydrogens is 370 g/mol. The van der Waals surface area contributed by atoms with Gasteiger partial charge in [0.2, 0.25) is 0 Å². The van der Waals surface area contributed by atoms with Gasteiger partial charge < -0.3 is 10.6 Å². The zero-order valence-corrected chi connectivity index (χ0v) is 17.5. The highest BCUT2D eigenvalue weighted by molar-refractivity contribution is 7.91. The molecule has 1 fully saturated rings. The molecule has 0 bridgehead atoms. The van der Waals surface area contributed by atoms with Gasteiger partial charge in [-0.2, -0.15) is 0 Å². The molecule has 1 aliphatic rings. The lowest BCUT2D eigenvalue weighted by molar-refractivity contribution is 0.376. The molecular formula is C19H30ClN3O2S. The van der Waals surface area contributed by atoms with Gasteiger partial charge in [-0.15, -0.1) is 0 Å². The zero-order valence-electron chi connectivity index (χ0n) is 15.9. The fourth-order valence-corrected chi connectivity index (χ4v) is 5.24. The Labute approximate surface area is 162 Å². The zero-order chi connectivity index (χ0) is 19.2. The van der Waals surface area contributed by atoms with Crippen LogP contribution in [0.25, 0.3) is 0 Å². The molecule has 1 aliphatic heterocycles. The summed E-state index contributed by atoms with van der Waals surface area (Å²) in [5, 5.41) is 7.29. The van der Waals surface area contributed by atoms with Crippen LogP contribution in [0, 0.1) is 11.3 Å². The van der Waals surface area contributed by atoms with Crippen LogP contribution >= 0.6 is 11.6 Å². The van der Waals surface area contributed by atoms with Crippen LogP contribution in [0.5, 0.6) is 0 Å². The minimum Gasteiger partial charge on any atom is -0.357 e. The number of hydrogen-bond donors (Lipinski definition) is 2. The van der Waals surface area contributed by atoms with Crippen molar-refractivity contribution in [3.63, 3.8) is 0 Å². The topological polar surface area (TPSA) is 70.6 Å². The number of nitrogens with zero attached hydrogens (tertiary/aromatic N) is 1. The average Bonchev–Trinajstić information content (AvgIpc) is 2.89. The maximum Gasteiger partial charge on any atom is 0.191 e. The fourth-order valence-electron chi connectivity index (χ4n) is 3.16. The van der Waals surface area contributed by atoms with Gasteiger partial charge in [-0.3, -0.25) is 4.99 Å². The van der Waals surface area contributed by atoms with Crippen LogP contribution in [0.2, 0.25) is 5.02 Å². The van der Waals surface area contributed by atoms with Crippen molar-refractivity contribution in [3.05, 3.63) is 34.9 Å². The second-order valence-electron chi connectivity index (χ2n) is 7.82. The molecule has 1 aromatic rings. The molecule has 1 unspecified atom stereocenters. The molecule has 0 radical (unpaired) electrons. The molecule has 0 spiro atoms. The van der Waals surface area contributed by atoms with Crippen LogP contribution in [-0.2, 0) is 16.3 Å². The molecule has 1 atom stereocenters. The van der Waals surface area contributed by atoms with Crippen molar-refractivity contribution in [1.82, 2.24) is 10.6 Å². The van der Waals surface area contributed by atoms with Crippen LogP contribution in [-0.4, -0.2) is 45.5 Å². The van der Waals surface area contributed by atoms with Gasteiger partial charge in [-0.25, -0.2) is 8.42 Å². The third-order valence-electron chi connectivity index (χ3n) is 4.47. The van der Waals surface area contributed by atoms with Gasteiger partial charge in [0.15, 0.2) is 15.8 Å². The summed E-state index contributed by atoms with van der Waals surface area (Å²) in [4.78, 5) is 4.71. The smallest absolute Gasteiger partial charge is 0.191 e. The van der Waals surface area contributed by atoms with Crippen molar-refractivity contribution in [3.8, 4) is 0 Å². The Balaban J connectivity index is 1.92. The molecule has 146 valence electrons. The first-order valence-corrected chi connectivity index (χ1v) is 11.4. The monoisotopic (exact) mass is 399 g/mol. The van der Waals surface area contributed by atoms with Crippen molar-refractivity contribution in [2.24, 2.45) is 16.3 Å². The fraction of sp³-hybridized carbons (Fsp3) is 0.632. The summed E-state index contributed by atoms with van der Waals surface area (Å²) in [7, 11) is -2.84. The molecule has 0 aliphatic carbocycles. The van der Waals surface area contributed by atoms with Crippen molar-refractivity contribution >= 4 is 27.4 Å². The molecule has 2 rings (SSSR count). The van der Waals surface area contributed by atoms with Crippen LogP contribution in [0.4, 0.5) is 0 Å². The van der Waals surface area contributed by atoms with Gasteiger partial charge in [0, 0.05) is 24.7 Å². The Kier molecular flexibility index (Phi) is 7.35. The average molecular weight is 400 g/mol. The summed E-state index contributed by atoms with van der Waals surface area (Å²) in [6.07, 6.45) is 1.62. The lowest BCUT2D eigenvalue weighted by atomic mass is 9.86. The molecule has 1 saturated heterocycles. The normalized spacial score (nSPS) is 20.2. The first kappa shape index (κ1) is 21.0. The highest BCUT2D eigenvalue weighted by atomic mass is 35.5. The Morgan fingerprint density at radius 3 is 2.73 bits per heavy atom. The van der Waals surface area contributed by atoms with Crippen molar-refractivity contribution in [2.45, 2.75) is 33.6 Å². The number of aliphatic imine (C=N–C) groups is 1. The Morgan fingerprint density at radius 2 is 2.12 bits per heavy atom. The third kappa shape index (κ3) is 7.16. The quantitative estimate of drug-likeness (QED) is 0.546. The SMILES string of the molecule is CCNC(=NCC(C)(C)Cc1cccc(Cl)c1)NCC1CCS(=O)(=O)C1. The van der Waals surface area contributed by atoms with Crippen LogP contribution in [0.1, 0.15) is 32.8 Å². The molecule has 7 heteroatoms. The van der Waals surface area contributed by atoms with E-state index in [4.69, 9.17) is 16.6 Å². The van der Waals surface area contributed by atoms with Gasteiger partial charge in [0.25, 0.3) is 0 Å². The second-order valence-corrected chi connectivity index (χ2v) is 10.5. The van der Waals surface area contributed by atoms with E-state index < -0.39 is 9.84 Å². The molecule has 0 saturated carbocycles. The Bertz CT molecular complexity index is 732. The summed E-state index contributed by atoms with van der Waals surface area (Å²) < 4.78 is 23.2. The number of halogens is 1. The van der Waals surface area contributed by atoms with Crippen molar-refractivity contribution in [1.29, 1.82) is 0 Å². The van der Waals surface area contributed by atoms with E-state index in [1.807, 2.05) is 25.1 Å². The van der Waals surface area contributed by atoms with E-state index in [9.17, 15) is 8.42 Å². The molecule has 26 heavy (non-hydrogen) atoms. The maximum atomic E-state index is 11.6. The molecule has 5 nitrogen and oxygen atoms in total. The predicted octanol–water partition coefficient (Wildman–Crippen LogP) is 2.90. The first-order valence-electron chi connectivity index (χ1n) is 9.16. The van der Waals surface area contributed by atoms with Crippen molar-refractivity contribution in [2.75, 3.05) is 31.1 Å². The van der Waals surface area contributed by atoms with E-state index in [1.165, 1.54) is 5.56 Å². The minimum absolute atomic E-state index is 0.0102. The van der Waals surface area contributed by atoms with Crippen LogP contribution in [0.3, 0.4) is 0 Å². The first-order chi connectivity index (χ1) is 12.2. The number of sulfone groups is 1. The van der Waals surface area contributed by atoms with Crippen LogP contribution in [0.15, 0.2) is 29.3 Å². The van der Waals surface area contributed by atoms with Gasteiger partial charge in [0.05, 0.1) is 11.5 Å². The Morgan fingerprint density at radius 1 is 1.35 bits per heavy atom. The highest BCUT2D eigenvalue weighted by Gasteiger charge is 2.27. The maximum absolute atomic E-state index is 11.6. The van der Waals surface area contributed by atoms with Gasteiger partial charge in [-0.05, 0) is 48.8 Å². The van der Waals surface area contributed by atoms with Gasteiger partial charge in [-0.1, -0.05) is 37.6 Å². The summed E-state index contributed by atoms with van der Waals surface area (Å²) in [6.45, 7) is 8.46. The van der Waals surface area contributed by atoms with E-state index in [1.54, 1.807) is 0 Å². The van der Waals surface area contributed by atoms with E-state index in [2.05, 4.69) is 30.5 Å². The third-order valence-corrected chi connectivity index (χ3v) is 6.54. The molecule has 1 heterocycles. The number of rotatable bonds is 7. The number of guanidine groups is 1. The number of nitrogens with one attached hydrogen (secondary N) is 2. The van der Waals surface area contributed by atoms with E-state index in [0.717, 1.165) is 30.4 Å². The lowest BCUT2D eigenvalue weighted by Gasteiger charge is -2.24. The summed E-state index contributed by atoms with van der Waals surface area (Å²) in [6, 6.07) is 7.93.